The molecule has 0 saturated carbocycles. The van der Waals surface area contributed by atoms with Crippen molar-refractivity contribution in [3.63, 3.8) is 0 Å². The van der Waals surface area contributed by atoms with Gasteiger partial charge in [-0.05, 0) is 68.2 Å². The van der Waals surface area contributed by atoms with Crippen molar-refractivity contribution in [2.24, 2.45) is 15.9 Å². The second-order valence-corrected chi connectivity index (χ2v) is 9.98. The molecule has 1 heterocycles. The lowest BCUT2D eigenvalue weighted by molar-refractivity contribution is -0.137. The number of hydrogen-bond donors (Lipinski definition) is 2. The summed E-state index contributed by atoms with van der Waals surface area (Å²) in [7, 11) is 0. The number of allylic oxidation sites excluding steroid dienone is 1. The van der Waals surface area contributed by atoms with Crippen molar-refractivity contribution in [2.45, 2.75) is 53.8 Å². The number of aliphatic imine (C=N–C) groups is 2. The number of fused-ring (bicyclic) bond motifs is 1. The Labute approximate surface area is 237 Å². The maximum absolute atomic E-state index is 14.5. The van der Waals surface area contributed by atoms with E-state index in [4.69, 9.17) is 0 Å². The van der Waals surface area contributed by atoms with Gasteiger partial charge in [0.15, 0.2) is 0 Å². The molecule has 0 atom stereocenters. The summed E-state index contributed by atoms with van der Waals surface area (Å²) in [5.74, 6) is -1.16. The highest BCUT2D eigenvalue weighted by atomic mass is 19.4. The highest BCUT2D eigenvalue weighted by molar-refractivity contribution is 5.97. The van der Waals surface area contributed by atoms with E-state index in [1.54, 1.807) is 49.4 Å². The van der Waals surface area contributed by atoms with Gasteiger partial charge in [0.25, 0.3) is 5.91 Å². The van der Waals surface area contributed by atoms with E-state index in [1.807, 2.05) is 26.8 Å². The number of halogens is 4. The Kier molecular flexibility index (Phi) is 10.4. The van der Waals surface area contributed by atoms with Crippen LogP contribution in [0.3, 0.4) is 0 Å². The maximum Gasteiger partial charge on any atom is 0.416 e. The fourth-order valence-electron chi connectivity index (χ4n) is 4.40. The lowest BCUT2D eigenvalue weighted by atomic mass is 9.97. The van der Waals surface area contributed by atoms with E-state index < -0.39 is 17.6 Å². The smallest absolute Gasteiger partial charge is 0.353 e. The first-order valence-electron chi connectivity index (χ1n) is 13.2. The molecule has 11 heteroatoms. The number of alkyl halides is 3. The molecule has 0 fully saturated rings. The number of carbonyl (C=O) groups is 1. The SMILES string of the molecule is CC=N/C=C(\C)CN(O)C(=N/C(=C\C)C(=O)N1CCc2c(cccc2Nc2ccc(C(F)(F)F)cc2F)C1)C(C)C. The summed E-state index contributed by atoms with van der Waals surface area (Å²) in [4.78, 5) is 23.7. The van der Waals surface area contributed by atoms with Crippen LogP contribution in [-0.2, 0) is 23.9 Å². The molecule has 3 rings (SSSR count). The second kappa shape index (κ2) is 13.6. The van der Waals surface area contributed by atoms with Crippen LogP contribution in [-0.4, -0.2) is 46.2 Å². The Morgan fingerprint density at radius 2 is 1.93 bits per heavy atom. The number of amidine groups is 1. The van der Waals surface area contributed by atoms with Crippen LogP contribution >= 0.6 is 0 Å². The fraction of sp³-hybridized carbons (Fsp3) is 0.367. The van der Waals surface area contributed by atoms with Crippen molar-refractivity contribution < 1.29 is 27.6 Å². The van der Waals surface area contributed by atoms with Crippen molar-refractivity contribution in [2.75, 3.05) is 18.4 Å². The molecule has 1 aliphatic heterocycles. The second-order valence-electron chi connectivity index (χ2n) is 9.98. The number of benzene rings is 2. The average molecular weight is 574 g/mol. The van der Waals surface area contributed by atoms with E-state index in [0.717, 1.165) is 33.9 Å². The Balaban J connectivity index is 1.79. The molecule has 0 bridgehead atoms. The van der Waals surface area contributed by atoms with Crippen LogP contribution in [0.25, 0.3) is 0 Å². The molecule has 2 N–H and O–H groups in total. The largest absolute Gasteiger partial charge is 0.416 e. The minimum Gasteiger partial charge on any atom is -0.353 e. The third-order valence-corrected chi connectivity index (χ3v) is 6.47. The third-order valence-electron chi connectivity index (χ3n) is 6.47. The van der Waals surface area contributed by atoms with Crippen LogP contribution in [0.2, 0.25) is 0 Å². The molecule has 2 aromatic rings. The number of nitrogens with zero attached hydrogens (tertiary/aromatic N) is 4. The molecule has 0 spiro atoms. The lowest BCUT2D eigenvalue weighted by Gasteiger charge is -2.31. The van der Waals surface area contributed by atoms with Crippen LogP contribution in [0, 0.1) is 11.7 Å². The zero-order valence-electron chi connectivity index (χ0n) is 23.8. The summed E-state index contributed by atoms with van der Waals surface area (Å²) in [5, 5.41) is 14.6. The first kappa shape index (κ1) is 31.5. The Bertz CT molecular complexity index is 1380. The summed E-state index contributed by atoms with van der Waals surface area (Å²) in [6.07, 6.45) is 0.690. The molecule has 41 heavy (non-hydrogen) atoms. The fourth-order valence-corrected chi connectivity index (χ4v) is 4.40. The van der Waals surface area contributed by atoms with Crippen LogP contribution in [0.4, 0.5) is 28.9 Å². The van der Waals surface area contributed by atoms with Crippen molar-refractivity contribution in [3.05, 3.63) is 82.5 Å². The zero-order valence-corrected chi connectivity index (χ0v) is 23.8. The molecule has 0 unspecified atom stereocenters. The predicted molar refractivity (Wildman–Crippen MR) is 153 cm³/mol. The summed E-state index contributed by atoms with van der Waals surface area (Å²) >= 11 is 0. The van der Waals surface area contributed by atoms with Gasteiger partial charge >= 0.3 is 6.18 Å². The normalized spacial score (nSPS) is 15.0. The number of nitrogens with one attached hydrogen (secondary N) is 1. The van der Waals surface area contributed by atoms with Crippen LogP contribution in [0.1, 0.15) is 51.3 Å². The molecule has 7 nitrogen and oxygen atoms in total. The van der Waals surface area contributed by atoms with Crippen molar-refractivity contribution in [3.8, 4) is 0 Å². The van der Waals surface area contributed by atoms with Crippen LogP contribution < -0.4 is 5.32 Å². The van der Waals surface area contributed by atoms with Gasteiger partial charge in [-0.2, -0.15) is 13.2 Å². The molecule has 220 valence electrons. The van der Waals surface area contributed by atoms with Crippen molar-refractivity contribution in [1.29, 1.82) is 0 Å². The summed E-state index contributed by atoms with van der Waals surface area (Å²) in [5.41, 5.74) is 2.10. The number of rotatable bonds is 8. The minimum absolute atomic E-state index is 0.0724. The molecule has 0 radical (unpaired) electrons. The first-order valence-corrected chi connectivity index (χ1v) is 13.2. The highest BCUT2D eigenvalue weighted by Crippen LogP contribution is 2.34. The topological polar surface area (TPSA) is 80.5 Å². The minimum atomic E-state index is -4.64. The van der Waals surface area contributed by atoms with Gasteiger partial charge in [0.1, 0.15) is 17.3 Å². The van der Waals surface area contributed by atoms with E-state index in [-0.39, 0.29) is 36.3 Å². The first-order chi connectivity index (χ1) is 19.3. The van der Waals surface area contributed by atoms with Crippen LogP contribution in [0.15, 0.2) is 69.9 Å². The van der Waals surface area contributed by atoms with E-state index in [0.29, 0.717) is 30.6 Å². The van der Waals surface area contributed by atoms with Gasteiger partial charge in [0.2, 0.25) is 0 Å². The summed E-state index contributed by atoms with van der Waals surface area (Å²) < 4.78 is 53.2. The van der Waals surface area contributed by atoms with Gasteiger partial charge in [-0.25, -0.2) is 14.4 Å². The van der Waals surface area contributed by atoms with Gasteiger partial charge in [-0.3, -0.25) is 15.0 Å². The molecule has 0 aliphatic carbocycles. The molecular formula is C30H35F4N5O2. The zero-order chi connectivity index (χ0) is 30.3. The number of amides is 1. The summed E-state index contributed by atoms with van der Waals surface area (Å²) in [6, 6.07) is 7.68. The van der Waals surface area contributed by atoms with Gasteiger partial charge in [0, 0.05) is 37.1 Å². The number of anilines is 2. The Morgan fingerprint density at radius 3 is 2.54 bits per heavy atom. The van der Waals surface area contributed by atoms with E-state index in [2.05, 4.69) is 15.3 Å². The molecule has 1 aliphatic rings. The maximum atomic E-state index is 14.5. The van der Waals surface area contributed by atoms with Gasteiger partial charge in [-0.1, -0.05) is 32.1 Å². The monoisotopic (exact) mass is 573 g/mol. The predicted octanol–water partition coefficient (Wildman–Crippen LogP) is 7.12. The molecular weight excluding hydrogens is 538 g/mol. The average Bonchev–Trinajstić information content (AvgIpc) is 2.92. The third kappa shape index (κ3) is 8.03. The Hall–Kier alpha value is -3.99. The van der Waals surface area contributed by atoms with E-state index in [1.165, 1.54) is 0 Å². The Morgan fingerprint density at radius 1 is 1.20 bits per heavy atom. The number of hydrogen-bond acceptors (Lipinski definition) is 5. The van der Waals surface area contributed by atoms with Crippen molar-refractivity contribution in [1.82, 2.24) is 9.96 Å². The van der Waals surface area contributed by atoms with Gasteiger partial charge in [-0.15, -0.1) is 0 Å². The molecule has 2 aromatic carbocycles. The summed E-state index contributed by atoms with van der Waals surface area (Å²) in [6.45, 7) is 9.85. The lowest BCUT2D eigenvalue weighted by Crippen LogP contribution is -2.38. The molecule has 0 saturated heterocycles. The van der Waals surface area contributed by atoms with E-state index in [9.17, 15) is 27.6 Å². The highest BCUT2D eigenvalue weighted by Gasteiger charge is 2.31. The number of hydroxylamine groups is 2. The van der Waals surface area contributed by atoms with Crippen molar-refractivity contribution >= 4 is 29.3 Å². The van der Waals surface area contributed by atoms with Gasteiger partial charge < -0.3 is 10.2 Å². The number of carbonyl (C=O) groups excluding carboxylic acids is 1. The molecule has 0 aromatic heterocycles. The van der Waals surface area contributed by atoms with Gasteiger partial charge in [0.05, 0.1) is 17.8 Å². The quantitative estimate of drug-likeness (QED) is 0.116. The van der Waals surface area contributed by atoms with E-state index >= 15 is 0 Å². The standard InChI is InChI=1S/C30H35F4N5O2/c1-6-25(37-28(19(3)4)39(41)17-20(5)16-35-7-2)29(40)38-14-13-23-21(18-38)9-8-10-26(23)36-27-12-11-22(15-24(27)31)30(32,33)34/h6-12,15-16,19,36,41H,13-14,17-18H2,1-5H3/b20-16+,25-6-,35-7?,37-28?. The molecule has 1 amide bonds. The van der Waals surface area contributed by atoms with Crippen LogP contribution in [0.5, 0.6) is 0 Å².